The number of rotatable bonds is 5. The summed E-state index contributed by atoms with van der Waals surface area (Å²) in [6.07, 6.45) is 0. The molecule has 0 heterocycles. The molecule has 106 valence electrons. The number of hydrogen-bond acceptors (Lipinski definition) is 4. The summed E-state index contributed by atoms with van der Waals surface area (Å²) < 4.78 is 13.4. The van der Waals surface area contributed by atoms with Crippen molar-refractivity contribution in [3.8, 4) is 0 Å². The number of hydrogen-bond donors (Lipinski definition) is 2. The highest BCUT2D eigenvalue weighted by Gasteiger charge is 2.23. The third kappa shape index (κ3) is 4.25. The van der Waals surface area contributed by atoms with Gasteiger partial charge in [0.15, 0.2) is 0 Å². The molecule has 1 aromatic carbocycles. The van der Waals surface area contributed by atoms with Gasteiger partial charge in [0, 0.05) is 18.7 Å². The predicted molar refractivity (Wildman–Crippen MR) is 70.2 cm³/mol. The fourth-order valence-electron chi connectivity index (χ4n) is 1.69. The Hall–Kier alpha value is -1.53. The molecule has 1 atom stereocenters. The lowest BCUT2D eigenvalue weighted by molar-refractivity contribution is -0.387. The second kappa shape index (κ2) is 6.08. The number of nitrogens with one attached hydrogen (secondary N) is 1. The molecule has 2 N–H and O–H groups in total. The van der Waals surface area contributed by atoms with Crippen molar-refractivity contribution >= 4 is 5.69 Å². The minimum Gasteiger partial charge on any atom is -0.395 e. The molecule has 0 amide bonds. The molecule has 0 aromatic heterocycles. The predicted octanol–water partition coefficient (Wildman–Crippen LogP) is 2.23. The van der Waals surface area contributed by atoms with Crippen molar-refractivity contribution in [3.63, 3.8) is 0 Å². The van der Waals surface area contributed by atoms with E-state index in [1.165, 1.54) is 6.07 Å². The second-order valence-corrected chi connectivity index (χ2v) is 5.52. The Bertz CT molecular complexity index is 458. The molecule has 1 rings (SSSR count). The summed E-state index contributed by atoms with van der Waals surface area (Å²) in [5.41, 5.74) is -0.0577. The van der Waals surface area contributed by atoms with Gasteiger partial charge in [0.2, 0.25) is 5.82 Å². The Kier molecular flexibility index (Phi) is 4.97. The van der Waals surface area contributed by atoms with Gasteiger partial charge in [0.1, 0.15) is 0 Å². The number of benzene rings is 1. The molecule has 19 heavy (non-hydrogen) atoms. The third-order valence-corrected chi connectivity index (χ3v) is 2.99. The fourth-order valence-corrected chi connectivity index (χ4v) is 1.69. The van der Waals surface area contributed by atoms with Crippen molar-refractivity contribution in [2.45, 2.75) is 33.4 Å². The highest BCUT2D eigenvalue weighted by atomic mass is 19.1. The van der Waals surface area contributed by atoms with Crippen molar-refractivity contribution in [2.75, 3.05) is 6.61 Å². The van der Waals surface area contributed by atoms with E-state index in [1.54, 1.807) is 0 Å². The van der Waals surface area contributed by atoms with Crippen molar-refractivity contribution < 1.29 is 14.4 Å². The van der Waals surface area contributed by atoms with E-state index in [4.69, 9.17) is 0 Å². The number of nitrogens with zero attached hydrogens (tertiary/aromatic N) is 1. The van der Waals surface area contributed by atoms with E-state index in [1.807, 2.05) is 20.8 Å². The Morgan fingerprint density at radius 1 is 1.47 bits per heavy atom. The van der Waals surface area contributed by atoms with Crippen LogP contribution >= 0.6 is 0 Å². The average Bonchev–Trinajstić information content (AvgIpc) is 2.27. The van der Waals surface area contributed by atoms with Gasteiger partial charge in [0.25, 0.3) is 0 Å². The highest BCUT2D eigenvalue weighted by Crippen LogP contribution is 2.21. The summed E-state index contributed by atoms with van der Waals surface area (Å²) >= 11 is 0. The average molecular weight is 270 g/mol. The molecule has 0 fully saturated rings. The van der Waals surface area contributed by atoms with Crippen LogP contribution in [0.3, 0.4) is 0 Å². The quantitative estimate of drug-likeness (QED) is 0.635. The molecular weight excluding hydrogens is 251 g/mol. The zero-order chi connectivity index (χ0) is 14.6. The molecular formula is C13H19FN2O3. The van der Waals surface area contributed by atoms with Gasteiger partial charge >= 0.3 is 5.69 Å². The van der Waals surface area contributed by atoms with E-state index < -0.39 is 16.4 Å². The largest absolute Gasteiger partial charge is 0.395 e. The first kappa shape index (κ1) is 15.5. The number of halogens is 1. The van der Waals surface area contributed by atoms with Gasteiger partial charge in [0.05, 0.1) is 11.5 Å². The lowest BCUT2D eigenvalue weighted by atomic mass is 9.87. The molecule has 6 heteroatoms. The smallest absolute Gasteiger partial charge is 0.304 e. The molecule has 0 aliphatic rings. The summed E-state index contributed by atoms with van der Waals surface area (Å²) in [6, 6.07) is 3.66. The number of aliphatic hydroxyl groups is 1. The summed E-state index contributed by atoms with van der Waals surface area (Å²) in [4.78, 5) is 9.74. The maximum absolute atomic E-state index is 13.4. The molecule has 0 bridgehead atoms. The molecule has 0 aliphatic carbocycles. The van der Waals surface area contributed by atoms with E-state index in [-0.39, 0.29) is 18.1 Å². The van der Waals surface area contributed by atoms with Gasteiger partial charge < -0.3 is 10.4 Å². The van der Waals surface area contributed by atoms with E-state index in [9.17, 15) is 19.6 Å². The Labute approximate surface area is 111 Å². The van der Waals surface area contributed by atoms with Crippen molar-refractivity contribution in [3.05, 3.63) is 39.7 Å². The Morgan fingerprint density at radius 3 is 2.53 bits per heavy atom. The van der Waals surface area contributed by atoms with Crippen LogP contribution in [0.4, 0.5) is 10.1 Å². The van der Waals surface area contributed by atoms with Gasteiger partial charge in [-0.1, -0.05) is 26.8 Å². The van der Waals surface area contributed by atoms with Crippen LogP contribution in [0.25, 0.3) is 0 Å². The fraction of sp³-hybridized carbons (Fsp3) is 0.538. The van der Waals surface area contributed by atoms with Crippen LogP contribution in [0.2, 0.25) is 0 Å². The first-order chi connectivity index (χ1) is 8.75. The summed E-state index contributed by atoms with van der Waals surface area (Å²) in [6.45, 7) is 6.27. The lowest BCUT2D eigenvalue weighted by Crippen LogP contribution is -2.42. The number of nitro groups is 1. The van der Waals surface area contributed by atoms with Crippen LogP contribution in [0.1, 0.15) is 26.3 Å². The highest BCUT2D eigenvalue weighted by molar-refractivity contribution is 5.34. The van der Waals surface area contributed by atoms with Crippen molar-refractivity contribution in [2.24, 2.45) is 5.41 Å². The lowest BCUT2D eigenvalue weighted by Gasteiger charge is -2.30. The standard InChI is InChI=1S/C13H19FN2O3/c1-13(2,3)12(8-17)15-7-9-4-5-11(16(18)19)10(14)6-9/h4-6,12,15,17H,7-8H2,1-3H3/t12-/m0/s1. The Morgan fingerprint density at radius 2 is 2.11 bits per heavy atom. The van der Waals surface area contributed by atoms with Crippen molar-refractivity contribution in [1.82, 2.24) is 5.32 Å². The molecule has 0 spiro atoms. The van der Waals surface area contributed by atoms with Gasteiger partial charge in [-0.05, 0) is 17.0 Å². The monoisotopic (exact) mass is 270 g/mol. The zero-order valence-corrected chi connectivity index (χ0v) is 11.3. The molecule has 0 saturated carbocycles. The molecule has 0 radical (unpaired) electrons. The SMILES string of the molecule is CC(C)(C)[C@H](CO)NCc1ccc([N+](=O)[O-])c(F)c1. The van der Waals surface area contributed by atoms with Crippen molar-refractivity contribution in [1.29, 1.82) is 0 Å². The second-order valence-electron chi connectivity index (χ2n) is 5.52. The van der Waals surface area contributed by atoms with Crippen LogP contribution in [-0.2, 0) is 6.54 Å². The van der Waals surface area contributed by atoms with E-state index in [0.717, 1.165) is 12.1 Å². The van der Waals surface area contributed by atoms with Gasteiger partial charge in [-0.25, -0.2) is 0 Å². The van der Waals surface area contributed by atoms with Gasteiger partial charge in [-0.15, -0.1) is 0 Å². The van der Waals surface area contributed by atoms with Crippen LogP contribution < -0.4 is 5.32 Å². The maximum Gasteiger partial charge on any atom is 0.304 e. The number of aliphatic hydroxyl groups excluding tert-OH is 1. The molecule has 0 aliphatic heterocycles. The van der Waals surface area contributed by atoms with Crippen LogP contribution in [0.5, 0.6) is 0 Å². The van der Waals surface area contributed by atoms with Gasteiger partial charge in [-0.2, -0.15) is 4.39 Å². The van der Waals surface area contributed by atoms with E-state index >= 15 is 0 Å². The third-order valence-electron chi connectivity index (χ3n) is 2.99. The minimum atomic E-state index is -0.847. The summed E-state index contributed by atoms with van der Waals surface area (Å²) in [5.74, 6) is -0.847. The molecule has 0 saturated heterocycles. The van der Waals surface area contributed by atoms with Crippen LogP contribution in [-0.4, -0.2) is 22.7 Å². The first-order valence-corrected chi connectivity index (χ1v) is 6.02. The molecule has 1 aromatic rings. The maximum atomic E-state index is 13.4. The zero-order valence-electron chi connectivity index (χ0n) is 11.3. The first-order valence-electron chi connectivity index (χ1n) is 6.02. The van der Waals surface area contributed by atoms with Crippen LogP contribution in [0.15, 0.2) is 18.2 Å². The topological polar surface area (TPSA) is 75.4 Å². The van der Waals surface area contributed by atoms with E-state index in [2.05, 4.69) is 5.32 Å². The summed E-state index contributed by atoms with van der Waals surface area (Å²) in [7, 11) is 0. The minimum absolute atomic E-state index is 0.0288. The Balaban J connectivity index is 2.74. The molecule has 5 nitrogen and oxygen atoms in total. The van der Waals surface area contributed by atoms with Gasteiger partial charge in [-0.3, -0.25) is 10.1 Å². The van der Waals surface area contributed by atoms with E-state index in [0.29, 0.717) is 12.1 Å². The normalized spacial score (nSPS) is 13.3. The number of nitro benzene ring substituents is 1. The van der Waals surface area contributed by atoms with Crippen LogP contribution in [0, 0.1) is 21.3 Å². The molecule has 0 unspecified atom stereocenters. The summed E-state index contributed by atoms with van der Waals surface area (Å²) in [5, 5.41) is 22.9.